The van der Waals surface area contributed by atoms with E-state index in [1.807, 2.05) is 18.2 Å². The minimum Gasteiger partial charge on any atom is -0.506 e. The average molecular weight is 291 g/mol. The number of benzene rings is 1. The molecule has 0 atom stereocenters. The second-order valence-electron chi connectivity index (χ2n) is 4.69. The largest absolute Gasteiger partial charge is 0.506 e. The number of aliphatic hydroxyl groups excluding tert-OH is 1. The lowest BCUT2D eigenvalue weighted by atomic mass is 10.0. The summed E-state index contributed by atoms with van der Waals surface area (Å²) in [5.41, 5.74) is 2.17. The molecule has 0 fully saturated rings. The van der Waals surface area contributed by atoms with E-state index < -0.39 is 0 Å². The summed E-state index contributed by atoms with van der Waals surface area (Å²) in [4.78, 5) is 7.06. The third kappa shape index (κ3) is 2.27. The van der Waals surface area contributed by atoms with E-state index >= 15 is 0 Å². The third-order valence-electron chi connectivity index (χ3n) is 3.44. The van der Waals surface area contributed by atoms with Crippen molar-refractivity contribution in [2.45, 2.75) is 0 Å². The molecule has 0 bridgehead atoms. The lowest BCUT2D eigenvalue weighted by Crippen LogP contribution is -1.90. The minimum atomic E-state index is -0.0979. The third-order valence-corrected chi connectivity index (χ3v) is 3.44. The maximum Gasteiger partial charge on any atom is 0.142 e. The van der Waals surface area contributed by atoms with Gasteiger partial charge in [0.2, 0.25) is 0 Å². The molecule has 5 nitrogen and oxygen atoms in total. The number of nitrogens with zero attached hydrogens (tertiary/aromatic N) is 2. The van der Waals surface area contributed by atoms with Crippen molar-refractivity contribution in [3.8, 4) is 11.8 Å². The van der Waals surface area contributed by atoms with Crippen LogP contribution in [0.15, 0.2) is 48.9 Å². The number of aliphatic hydroxyl groups is 1. The Morgan fingerprint density at radius 1 is 1.36 bits per heavy atom. The molecule has 0 spiro atoms. The Hall–Kier alpha value is -3.26. The zero-order valence-corrected chi connectivity index (χ0v) is 11.9. The molecular formula is C17H13N3O2. The number of aromatic amines is 1. The number of methoxy groups -OCH3 is 1. The van der Waals surface area contributed by atoms with Crippen LogP contribution in [0.1, 0.15) is 11.1 Å². The molecule has 5 heteroatoms. The molecule has 1 aromatic carbocycles. The molecule has 22 heavy (non-hydrogen) atoms. The molecule has 3 aromatic rings. The van der Waals surface area contributed by atoms with Gasteiger partial charge in [0.25, 0.3) is 0 Å². The van der Waals surface area contributed by atoms with Crippen LogP contribution in [-0.2, 0) is 0 Å². The quantitative estimate of drug-likeness (QED) is 0.571. The fourth-order valence-electron chi connectivity index (χ4n) is 2.32. The van der Waals surface area contributed by atoms with Crippen molar-refractivity contribution in [2.75, 3.05) is 7.11 Å². The van der Waals surface area contributed by atoms with Gasteiger partial charge in [0.1, 0.15) is 23.2 Å². The van der Waals surface area contributed by atoms with Crippen molar-refractivity contribution in [1.29, 1.82) is 5.26 Å². The van der Waals surface area contributed by atoms with Gasteiger partial charge >= 0.3 is 0 Å². The molecule has 0 aliphatic heterocycles. The first-order chi connectivity index (χ1) is 10.7. The molecule has 108 valence electrons. The molecule has 2 heterocycles. The van der Waals surface area contributed by atoms with Gasteiger partial charge in [-0.25, -0.2) is 0 Å². The van der Waals surface area contributed by atoms with E-state index in [0.717, 1.165) is 10.9 Å². The van der Waals surface area contributed by atoms with Gasteiger partial charge in [-0.05, 0) is 30.3 Å². The smallest absolute Gasteiger partial charge is 0.142 e. The highest BCUT2D eigenvalue weighted by Gasteiger charge is 2.15. The van der Waals surface area contributed by atoms with Crippen LogP contribution in [-0.4, -0.2) is 22.2 Å². The van der Waals surface area contributed by atoms with Crippen LogP contribution in [0.4, 0.5) is 0 Å². The number of nitrogens with one attached hydrogen (secondary N) is 1. The lowest BCUT2D eigenvalue weighted by molar-refractivity contribution is 0.415. The first-order valence-corrected chi connectivity index (χ1v) is 6.64. The van der Waals surface area contributed by atoms with Crippen molar-refractivity contribution in [1.82, 2.24) is 9.97 Å². The van der Waals surface area contributed by atoms with Gasteiger partial charge in [0.15, 0.2) is 0 Å². The summed E-state index contributed by atoms with van der Waals surface area (Å²) in [6, 6.07) is 11.0. The lowest BCUT2D eigenvalue weighted by Gasteiger charge is -2.04. The topological polar surface area (TPSA) is 81.9 Å². The summed E-state index contributed by atoms with van der Waals surface area (Å²) in [6.07, 6.45) is 4.83. The highest BCUT2D eigenvalue weighted by atomic mass is 16.5. The summed E-state index contributed by atoms with van der Waals surface area (Å²) in [5.74, 6) is 0.589. The Labute approximate surface area is 127 Å². The molecule has 3 rings (SSSR count). The molecule has 0 saturated carbocycles. The summed E-state index contributed by atoms with van der Waals surface area (Å²) in [5, 5.41) is 20.7. The fraction of sp³-hybridized carbons (Fsp3) is 0.0588. The molecule has 0 radical (unpaired) electrons. The van der Waals surface area contributed by atoms with Crippen molar-refractivity contribution < 1.29 is 9.84 Å². The number of fused-ring (bicyclic) bond motifs is 1. The predicted molar refractivity (Wildman–Crippen MR) is 84.1 cm³/mol. The standard InChI is InChI=1S/C17H13N3O2/c1-22-12-4-5-16-13(7-12)15(10-20-16)14(8-18)17(21)11-3-2-6-19-9-11/h2-7,9-10,20-21H,1H3. The SMILES string of the molecule is COc1ccc2[nH]cc(C(C#N)=C(O)c3cccnc3)c2c1. The van der Waals surface area contributed by atoms with E-state index in [4.69, 9.17) is 4.74 Å². The van der Waals surface area contributed by atoms with Gasteiger partial charge in [0.05, 0.1) is 7.11 Å². The molecule has 0 aliphatic rings. The zero-order valence-electron chi connectivity index (χ0n) is 11.9. The van der Waals surface area contributed by atoms with E-state index in [1.54, 1.807) is 31.6 Å². The van der Waals surface area contributed by atoms with E-state index in [2.05, 4.69) is 16.0 Å². The Morgan fingerprint density at radius 3 is 2.91 bits per heavy atom. The molecule has 0 amide bonds. The number of aromatic nitrogens is 2. The first-order valence-electron chi connectivity index (χ1n) is 6.64. The van der Waals surface area contributed by atoms with Crippen molar-refractivity contribution in [3.63, 3.8) is 0 Å². The van der Waals surface area contributed by atoms with E-state index in [1.165, 1.54) is 6.20 Å². The Balaban J connectivity index is 2.22. The molecule has 0 unspecified atom stereocenters. The van der Waals surface area contributed by atoms with Crippen LogP contribution in [0.3, 0.4) is 0 Å². The van der Waals surface area contributed by atoms with E-state index in [0.29, 0.717) is 16.9 Å². The number of H-pyrrole nitrogens is 1. The highest BCUT2D eigenvalue weighted by Crippen LogP contribution is 2.31. The second kappa shape index (κ2) is 5.62. The van der Waals surface area contributed by atoms with Crippen LogP contribution < -0.4 is 4.74 Å². The van der Waals surface area contributed by atoms with Crippen LogP contribution in [0.2, 0.25) is 0 Å². The van der Waals surface area contributed by atoms with Crippen molar-refractivity contribution >= 4 is 22.2 Å². The first kappa shape index (κ1) is 13.7. The van der Waals surface area contributed by atoms with E-state index in [-0.39, 0.29) is 11.3 Å². The van der Waals surface area contributed by atoms with Crippen LogP contribution in [0.25, 0.3) is 22.2 Å². The van der Waals surface area contributed by atoms with Crippen LogP contribution in [0.5, 0.6) is 5.75 Å². The maximum atomic E-state index is 10.4. The number of hydrogen-bond acceptors (Lipinski definition) is 4. The molecular weight excluding hydrogens is 278 g/mol. The highest BCUT2D eigenvalue weighted by molar-refractivity contribution is 6.03. The maximum absolute atomic E-state index is 10.4. The van der Waals surface area contributed by atoms with Gasteiger partial charge in [-0.3, -0.25) is 4.98 Å². The summed E-state index contributed by atoms with van der Waals surface area (Å²) < 4.78 is 5.22. The Morgan fingerprint density at radius 2 is 2.23 bits per heavy atom. The predicted octanol–water partition coefficient (Wildman–Crippen LogP) is 3.52. The minimum absolute atomic E-state index is 0.0979. The molecule has 2 N–H and O–H groups in total. The van der Waals surface area contributed by atoms with Gasteiger partial charge in [-0.1, -0.05) is 0 Å². The second-order valence-corrected chi connectivity index (χ2v) is 4.69. The normalized spacial score (nSPS) is 11.8. The number of ether oxygens (including phenoxy) is 1. The monoisotopic (exact) mass is 291 g/mol. The van der Waals surface area contributed by atoms with Gasteiger partial charge in [0, 0.05) is 40.6 Å². The number of hydrogen-bond donors (Lipinski definition) is 2. The Bertz CT molecular complexity index is 889. The van der Waals surface area contributed by atoms with Crippen molar-refractivity contribution in [2.24, 2.45) is 0 Å². The summed E-state index contributed by atoms with van der Waals surface area (Å²) in [6.45, 7) is 0. The summed E-state index contributed by atoms with van der Waals surface area (Å²) in [7, 11) is 1.58. The molecule has 0 aliphatic carbocycles. The number of nitriles is 1. The Kier molecular flexibility index (Phi) is 3.50. The molecule has 2 aromatic heterocycles. The average Bonchev–Trinajstić information content (AvgIpc) is 2.99. The number of pyridine rings is 1. The molecule has 0 saturated heterocycles. The number of rotatable bonds is 3. The van der Waals surface area contributed by atoms with Crippen molar-refractivity contribution in [3.05, 3.63) is 60.0 Å². The fourth-order valence-corrected chi connectivity index (χ4v) is 2.32. The van der Waals surface area contributed by atoms with Gasteiger partial charge in [-0.15, -0.1) is 0 Å². The van der Waals surface area contributed by atoms with Gasteiger partial charge in [-0.2, -0.15) is 5.26 Å². The van der Waals surface area contributed by atoms with Crippen LogP contribution in [0, 0.1) is 11.3 Å². The van der Waals surface area contributed by atoms with Gasteiger partial charge < -0.3 is 14.8 Å². The zero-order chi connectivity index (χ0) is 15.5. The van der Waals surface area contributed by atoms with Crippen LogP contribution >= 0.6 is 0 Å². The summed E-state index contributed by atoms with van der Waals surface area (Å²) >= 11 is 0. The number of allylic oxidation sites excluding steroid dienone is 1. The van der Waals surface area contributed by atoms with E-state index in [9.17, 15) is 10.4 Å².